The van der Waals surface area contributed by atoms with Crippen LogP contribution in [0.25, 0.3) is 0 Å². The van der Waals surface area contributed by atoms with E-state index in [2.05, 4.69) is 38.2 Å². The van der Waals surface area contributed by atoms with Crippen molar-refractivity contribution >= 4 is 51.5 Å². The summed E-state index contributed by atoms with van der Waals surface area (Å²) < 4.78 is 1.03. The first-order valence-electron chi connectivity index (χ1n) is 5.43. The number of nitrogens with zero attached hydrogens (tertiary/aromatic N) is 1. The number of carbonyl (C=O) groups excluding carboxylic acids is 1. The van der Waals surface area contributed by atoms with Crippen molar-refractivity contribution in [1.29, 1.82) is 0 Å². The van der Waals surface area contributed by atoms with Gasteiger partial charge in [-0.1, -0.05) is 12.1 Å². The van der Waals surface area contributed by atoms with Crippen molar-refractivity contribution in [2.75, 3.05) is 5.32 Å². The summed E-state index contributed by atoms with van der Waals surface area (Å²) in [6.07, 6.45) is 3.10. The molecule has 0 saturated heterocycles. The van der Waals surface area contributed by atoms with Crippen molar-refractivity contribution in [2.24, 2.45) is 0 Å². The van der Waals surface area contributed by atoms with Gasteiger partial charge in [-0.3, -0.25) is 15.1 Å². The summed E-state index contributed by atoms with van der Waals surface area (Å²) in [4.78, 5) is 15.7. The molecule has 0 bridgehead atoms. The molecule has 96 valence electrons. The third kappa shape index (κ3) is 3.97. The van der Waals surface area contributed by atoms with Crippen molar-refractivity contribution < 1.29 is 4.79 Å². The minimum Gasteiger partial charge on any atom is -0.332 e. The number of nitrogens with one attached hydrogen (secondary N) is 2. The molecule has 0 fully saturated rings. The zero-order chi connectivity index (χ0) is 13.7. The lowest BCUT2D eigenvalue weighted by Gasteiger charge is -2.10. The minimum absolute atomic E-state index is 0.262. The number of thiocarbonyl (C=S) groups is 1. The highest BCUT2D eigenvalue weighted by molar-refractivity contribution is 14.1. The predicted octanol–water partition coefficient (Wildman–Crippen LogP) is 2.81. The first kappa shape index (κ1) is 13.9. The lowest BCUT2D eigenvalue weighted by Crippen LogP contribution is -2.34. The van der Waals surface area contributed by atoms with Crippen LogP contribution in [0.5, 0.6) is 0 Å². The van der Waals surface area contributed by atoms with E-state index in [0.29, 0.717) is 5.56 Å². The quantitative estimate of drug-likeness (QED) is 0.619. The topological polar surface area (TPSA) is 54.0 Å². The van der Waals surface area contributed by atoms with E-state index in [4.69, 9.17) is 12.2 Å². The van der Waals surface area contributed by atoms with Crippen LogP contribution in [0.4, 0.5) is 5.69 Å². The number of carbonyl (C=O) groups is 1. The van der Waals surface area contributed by atoms with Gasteiger partial charge in [0.2, 0.25) is 0 Å². The first-order valence-corrected chi connectivity index (χ1v) is 6.92. The molecule has 2 aromatic rings. The smallest absolute Gasteiger partial charge is 0.258 e. The van der Waals surface area contributed by atoms with Crippen LogP contribution in [0, 0.1) is 3.57 Å². The van der Waals surface area contributed by atoms with Crippen molar-refractivity contribution in [3.63, 3.8) is 0 Å². The Balaban J connectivity index is 1.99. The molecule has 0 atom stereocenters. The normalized spacial score (nSPS) is 9.74. The number of halogens is 1. The Hall–Kier alpha value is -1.54. The third-order valence-corrected chi connectivity index (χ3v) is 3.42. The number of amides is 1. The van der Waals surface area contributed by atoms with Crippen LogP contribution in [0.1, 0.15) is 10.4 Å². The fraction of sp³-hybridized carbons (Fsp3) is 0. The highest BCUT2D eigenvalue weighted by Crippen LogP contribution is 2.16. The highest BCUT2D eigenvalue weighted by Gasteiger charge is 2.08. The molecule has 2 rings (SSSR count). The Bertz CT molecular complexity index is 604. The largest absolute Gasteiger partial charge is 0.332 e. The summed E-state index contributed by atoms with van der Waals surface area (Å²) in [5, 5.41) is 5.85. The zero-order valence-corrected chi connectivity index (χ0v) is 12.7. The molecule has 19 heavy (non-hydrogen) atoms. The van der Waals surface area contributed by atoms with Crippen LogP contribution >= 0.6 is 34.8 Å². The molecule has 1 aromatic carbocycles. The van der Waals surface area contributed by atoms with E-state index in [9.17, 15) is 4.79 Å². The molecule has 1 aromatic heterocycles. The van der Waals surface area contributed by atoms with E-state index < -0.39 is 0 Å². The fourth-order valence-corrected chi connectivity index (χ4v) is 2.11. The molecular formula is C13H10IN3OS. The molecule has 2 N–H and O–H groups in total. The van der Waals surface area contributed by atoms with Gasteiger partial charge in [0.25, 0.3) is 5.91 Å². The van der Waals surface area contributed by atoms with E-state index >= 15 is 0 Å². The van der Waals surface area contributed by atoms with Crippen LogP contribution in [0.3, 0.4) is 0 Å². The van der Waals surface area contributed by atoms with Crippen molar-refractivity contribution in [1.82, 2.24) is 10.3 Å². The maximum absolute atomic E-state index is 11.8. The number of para-hydroxylation sites is 1. The van der Waals surface area contributed by atoms with Gasteiger partial charge in [-0.25, -0.2) is 0 Å². The molecule has 0 unspecified atom stereocenters. The Labute approximate surface area is 129 Å². The first-order chi connectivity index (χ1) is 9.16. The number of anilines is 1. The van der Waals surface area contributed by atoms with Gasteiger partial charge < -0.3 is 5.32 Å². The number of hydrogen-bond donors (Lipinski definition) is 2. The fourth-order valence-electron chi connectivity index (χ4n) is 1.39. The van der Waals surface area contributed by atoms with Gasteiger partial charge in [-0.2, -0.15) is 0 Å². The Kier molecular flexibility index (Phi) is 4.80. The van der Waals surface area contributed by atoms with Crippen molar-refractivity contribution in [3.8, 4) is 0 Å². The molecule has 4 nitrogen and oxygen atoms in total. The average Bonchev–Trinajstić information content (AvgIpc) is 2.42. The molecule has 0 saturated carbocycles. The molecule has 0 aliphatic rings. The molecule has 6 heteroatoms. The average molecular weight is 383 g/mol. The molecule has 0 aliphatic heterocycles. The summed E-state index contributed by atoms with van der Waals surface area (Å²) in [5.41, 5.74) is 1.33. The van der Waals surface area contributed by atoms with E-state index in [0.717, 1.165) is 9.26 Å². The van der Waals surface area contributed by atoms with Gasteiger partial charge in [-0.15, -0.1) is 0 Å². The van der Waals surface area contributed by atoms with E-state index in [-0.39, 0.29) is 11.0 Å². The van der Waals surface area contributed by atoms with Crippen LogP contribution < -0.4 is 10.6 Å². The second-order valence-corrected chi connectivity index (χ2v) is 5.20. The zero-order valence-electron chi connectivity index (χ0n) is 9.76. The van der Waals surface area contributed by atoms with E-state index in [1.165, 1.54) is 6.20 Å². The summed E-state index contributed by atoms with van der Waals surface area (Å²) in [6, 6.07) is 11.1. The summed E-state index contributed by atoms with van der Waals surface area (Å²) in [7, 11) is 0. The van der Waals surface area contributed by atoms with Gasteiger partial charge >= 0.3 is 0 Å². The van der Waals surface area contributed by atoms with Crippen LogP contribution in [-0.2, 0) is 0 Å². The SMILES string of the molecule is O=C(NC(=S)Nc1ccccc1I)c1cccnc1. The number of pyridine rings is 1. The summed E-state index contributed by atoms with van der Waals surface area (Å²) in [5.74, 6) is -0.281. The minimum atomic E-state index is -0.281. The van der Waals surface area contributed by atoms with Gasteiger partial charge in [0, 0.05) is 16.0 Å². The van der Waals surface area contributed by atoms with Crippen molar-refractivity contribution in [3.05, 3.63) is 57.9 Å². The summed E-state index contributed by atoms with van der Waals surface area (Å²) in [6.45, 7) is 0. The van der Waals surface area contributed by atoms with Crippen molar-refractivity contribution in [2.45, 2.75) is 0 Å². The number of benzene rings is 1. The number of aromatic nitrogens is 1. The van der Waals surface area contributed by atoms with Gasteiger partial charge in [0.05, 0.1) is 11.3 Å². The predicted molar refractivity (Wildman–Crippen MR) is 87.1 cm³/mol. The maximum Gasteiger partial charge on any atom is 0.258 e. The second kappa shape index (κ2) is 6.58. The monoisotopic (exact) mass is 383 g/mol. The molecular weight excluding hydrogens is 373 g/mol. The number of hydrogen-bond acceptors (Lipinski definition) is 3. The molecule has 0 radical (unpaired) electrons. The molecule has 1 amide bonds. The lowest BCUT2D eigenvalue weighted by molar-refractivity contribution is 0.0977. The van der Waals surface area contributed by atoms with Gasteiger partial charge in [-0.05, 0) is 59.1 Å². The Morgan fingerprint density at radius 2 is 2.00 bits per heavy atom. The third-order valence-electron chi connectivity index (χ3n) is 2.27. The second-order valence-electron chi connectivity index (χ2n) is 3.63. The van der Waals surface area contributed by atoms with Crippen LogP contribution in [0.15, 0.2) is 48.8 Å². The maximum atomic E-state index is 11.8. The standard InChI is InChI=1S/C13H10IN3OS/c14-10-5-1-2-6-11(10)16-13(19)17-12(18)9-4-3-7-15-8-9/h1-8H,(H2,16,17,18,19). The van der Waals surface area contributed by atoms with E-state index in [1.54, 1.807) is 18.3 Å². The molecule has 1 heterocycles. The lowest BCUT2D eigenvalue weighted by atomic mass is 10.3. The van der Waals surface area contributed by atoms with Gasteiger partial charge in [0.1, 0.15) is 0 Å². The summed E-state index contributed by atoms with van der Waals surface area (Å²) >= 11 is 7.30. The Morgan fingerprint density at radius 3 is 2.68 bits per heavy atom. The van der Waals surface area contributed by atoms with Gasteiger partial charge in [0.15, 0.2) is 5.11 Å². The molecule has 0 aliphatic carbocycles. The van der Waals surface area contributed by atoms with E-state index in [1.807, 2.05) is 24.3 Å². The highest BCUT2D eigenvalue weighted by atomic mass is 127. The number of rotatable bonds is 2. The molecule has 0 spiro atoms. The Morgan fingerprint density at radius 1 is 1.21 bits per heavy atom. The van der Waals surface area contributed by atoms with Crippen LogP contribution in [-0.4, -0.2) is 16.0 Å². The van der Waals surface area contributed by atoms with Crippen LogP contribution in [0.2, 0.25) is 0 Å².